The van der Waals surface area contributed by atoms with E-state index in [1.807, 2.05) is 24.3 Å². The second-order valence-corrected chi connectivity index (χ2v) is 9.18. The molecular formula is C23H24ClN9O2. The fourth-order valence-corrected chi connectivity index (χ4v) is 4.52. The van der Waals surface area contributed by atoms with E-state index in [4.69, 9.17) is 16.6 Å². The third-order valence-corrected chi connectivity index (χ3v) is 6.43. The topological polar surface area (TPSA) is 128 Å². The summed E-state index contributed by atoms with van der Waals surface area (Å²) < 4.78 is 1.70. The van der Waals surface area contributed by atoms with Gasteiger partial charge >= 0.3 is 6.03 Å². The van der Waals surface area contributed by atoms with Crippen molar-refractivity contribution >= 4 is 58.3 Å². The molecule has 2 aromatic heterocycles. The number of hydrogen-bond acceptors (Lipinski definition) is 8. The van der Waals surface area contributed by atoms with Crippen molar-refractivity contribution in [3.63, 3.8) is 0 Å². The van der Waals surface area contributed by atoms with Crippen molar-refractivity contribution in [1.29, 1.82) is 0 Å². The maximum absolute atomic E-state index is 12.0. The minimum absolute atomic E-state index is 0.150. The van der Waals surface area contributed by atoms with Gasteiger partial charge in [0.2, 0.25) is 0 Å². The van der Waals surface area contributed by atoms with E-state index in [2.05, 4.69) is 36.6 Å². The fourth-order valence-electron chi connectivity index (χ4n) is 4.22. The molecule has 6 rings (SSSR count). The molecule has 3 fully saturated rings. The van der Waals surface area contributed by atoms with Crippen molar-refractivity contribution in [2.75, 3.05) is 41.7 Å². The average molecular weight is 494 g/mol. The van der Waals surface area contributed by atoms with Crippen molar-refractivity contribution < 1.29 is 9.59 Å². The summed E-state index contributed by atoms with van der Waals surface area (Å²) in [5.41, 5.74) is 3.12. The number of piperazine rings is 1. The zero-order valence-electron chi connectivity index (χ0n) is 18.8. The number of urea groups is 1. The molecule has 1 aliphatic carbocycles. The van der Waals surface area contributed by atoms with Gasteiger partial charge in [0, 0.05) is 49.5 Å². The van der Waals surface area contributed by atoms with Gasteiger partial charge in [-0.15, -0.1) is 0 Å². The lowest BCUT2D eigenvalue weighted by molar-refractivity contribution is -0.115. The first-order valence-electron chi connectivity index (χ1n) is 11.5. The van der Waals surface area contributed by atoms with Crippen LogP contribution in [-0.4, -0.2) is 58.8 Å². The smallest absolute Gasteiger partial charge is 0.326 e. The average Bonchev–Trinajstić information content (AvgIpc) is 3.48. The number of halogens is 1. The predicted octanol–water partition coefficient (Wildman–Crippen LogP) is 2.29. The Hall–Kier alpha value is -3.83. The van der Waals surface area contributed by atoms with Gasteiger partial charge in [-0.3, -0.25) is 10.1 Å². The molecule has 0 unspecified atom stereocenters. The van der Waals surface area contributed by atoms with Crippen molar-refractivity contribution in [2.45, 2.75) is 18.9 Å². The number of anilines is 4. The van der Waals surface area contributed by atoms with Crippen LogP contribution in [0.4, 0.5) is 27.8 Å². The number of carbonyl (C=O) groups excluding carboxylic acids is 2. The SMILES string of the molecule is O=C1NC(=O)/C(=C/c2cnn3c(NC4CC4)cc(Nc4ccc(N5CCNCC5)c(Cl)c4)nc23)N1. The molecule has 5 N–H and O–H groups in total. The third kappa shape index (κ3) is 4.47. The van der Waals surface area contributed by atoms with Crippen molar-refractivity contribution in [1.82, 2.24) is 30.5 Å². The summed E-state index contributed by atoms with van der Waals surface area (Å²) in [5.74, 6) is 0.902. The molecule has 0 spiro atoms. The normalized spacial score (nSPS) is 19.2. The summed E-state index contributed by atoms with van der Waals surface area (Å²) in [7, 11) is 0. The quantitative estimate of drug-likeness (QED) is 0.261. The van der Waals surface area contributed by atoms with E-state index >= 15 is 0 Å². The molecule has 3 amide bonds. The van der Waals surface area contributed by atoms with Crippen molar-refractivity contribution in [3.05, 3.63) is 46.7 Å². The van der Waals surface area contributed by atoms with Gasteiger partial charge in [-0.25, -0.2) is 9.78 Å². The highest BCUT2D eigenvalue weighted by Crippen LogP contribution is 2.32. The number of hydrogen-bond donors (Lipinski definition) is 5. The fraction of sp³-hybridized carbons (Fsp3) is 0.304. The maximum atomic E-state index is 12.0. The molecule has 11 nitrogen and oxygen atoms in total. The van der Waals surface area contributed by atoms with Crippen LogP contribution in [0.2, 0.25) is 5.02 Å². The maximum Gasteiger partial charge on any atom is 0.326 e. The molecule has 1 saturated carbocycles. The number of imide groups is 1. The third-order valence-electron chi connectivity index (χ3n) is 6.13. The van der Waals surface area contributed by atoms with E-state index in [-0.39, 0.29) is 5.70 Å². The molecule has 180 valence electrons. The lowest BCUT2D eigenvalue weighted by Gasteiger charge is -2.30. The standard InChI is InChI=1S/C23H24ClN9O2/c24-16-10-15(3-4-18(16)32-7-5-25-6-8-32)27-19-11-20(28-14-1-2-14)33-21(30-19)13(12-26-33)9-17-22(34)31-23(35)29-17/h3-4,9-12,14,25,28H,1-2,5-8H2,(H,27,30)(H2,29,31,34,35)/b17-9-. The van der Waals surface area contributed by atoms with Gasteiger partial charge in [0.1, 0.15) is 17.3 Å². The summed E-state index contributed by atoms with van der Waals surface area (Å²) in [6, 6.07) is 7.65. The molecule has 4 heterocycles. The molecule has 0 radical (unpaired) electrons. The first-order chi connectivity index (χ1) is 17.0. The van der Waals surface area contributed by atoms with Crippen LogP contribution in [0.3, 0.4) is 0 Å². The minimum atomic E-state index is -0.551. The van der Waals surface area contributed by atoms with Gasteiger partial charge in [0.25, 0.3) is 5.91 Å². The van der Waals surface area contributed by atoms with E-state index in [1.54, 1.807) is 16.8 Å². The van der Waals surface area contributed by atoms with Crippen LogP contribution >= 0.6 is 11.6 Å². The second-order valence-electron chi connectivity index (χ2n) is 8.78. The lowest BCUT2D eigenvalue weighted by Crippen LogP contribution is -2.43. The van der Waals surface area contributed by atoms with Gasteiger partial charge in [-0.1, -0.05) is 11.6 Å². The van der Waals surface area contributed by atoms with Crippen LogP contribution in [0.25, 0.3) is 11.7 Å². The number of fused-ring (bicyclic) bond motifs is 1. The summed E-state index contributed by atoms with van der Waals surface area (Å²) in [6.07, 6.45) is 5.38. The van der Waals surface area contributed by atoms with Crippen LogP contribution in [0, 0.1) is 0 Å². The van der Waals surface area contributed by atoms with Gasteiger partial charge in [0.15, 0.2) is 5.65 Å². The Balaban J connectivity index is 1.33. The van der Waals surface area contributed by atoms with Gasteiger partial charge in [-0.05, 0) is 37.1 Å². The molecular weight excluding hydrogens is 470 g/mol. The van der Waals surface area contributed by atoms with Crippen molar-refractivity contribution in [3.8, 4) is 0 Å². The number of amides is 3. The predicted molar refractivity (Wildman–Crippen MR) is 134 cm³/mol. The summed E-state index contributed by atoms with van der Waals surface area (Å²) in [4.78, 5) is 30.5. The van der Waals surface area contributed by atoms with Gasteiger partial charge < -0.3 is 26.2 Å². The largest absolute Gasteiger partial charge is 0.368 e. The van der Waals surface area contributed by atoms with E-state index in [1.165, 1.54) is 0 Å². The molecule has 2 aliphatic heterocycles. The highest BCUT2D eigenvalue weighted by Gasteiger charge is 2.25. The minimum Gasteiger partial charge on any atom is -0.368 e. The molecule has 35 heavy (non-hydrogen) atoms. The zero-order chi connectivity index (χ0) is 23.9. The Morgan fingerprint density at radius 3 is 2.66 bits per heavy atom. The zero-order valence-corrected chi connectivity index (χ0v) is 19.5. The Morgan fingerprint density at radius 1 is 1.11 bits per heavy atom. The van der Waals surface area contributed by atoms with Gasteiger partial charge in [0.05, 0.1) is 16.9 Å². The van der Waals surface area contributed by atoms with E-state index in [0.717, 1.165) is 56.2 Å². The monoisotopic (exact) mass is 493 g/mol. The number of aromatic nitrogens is 3. The lowest BCUT2D eigenvalue weighted by atomic mass is 10.2. The van der Waals surface area contributed by atoms with Crippen LogP contribution in [0.1, 0.15) is 18.4 Å². The Morgan fingerprint density at radius 2 is 1.94 bits per heavy atom. The molecule has 2 saturated heterocycles. The number of carbonyl (C=O) groups is 2. The highest BCUT2D eigenvalue weighted by atomic mass is 35.5. The van der Waals surface area contributed by atoms with Crippen LogP contribution in [0.5, 0.6) is 0 Å². The van der Waals surface area contributed by atoms with Crippen molar-refractivity contribution in [2.24, 2.45) is 0 Å². The second kappa shape index (κ2) is 8.75. The summed E-state index contributed by atoms with van der Waals surface area (Å²) in [5, 5.41) is 20.0. The van der Waals surface area contributed by atoms with Crippen LogP contribution < -0.4 is 31.5 Å². The number of benzene rings is 1. The Kier molecular flexibility index (Phi) is 5.42. The molecule has 0 atom stereocenters. The number of nitrogens with zero attached hydrogens (tertiary/aromatic N) is 4. The summed E-state index contributed by atoms with van der Waals surface area (Å²) in [6.45, 7) is 3.70. The van der Waals surface area contributed by atoms with Crippen LogP contribution in [-0.2, 0) is 4.79 Å². The van der Waals surface area contributed by atoms with Crippen LogP contribution in [0.15, 0.2) is 36.2 Å². The Labute approximate surface area is 205 Å². The Bertz CT molecular complexity index is 1360. The number of rotatable bonds is 6. The molecule has 0 bridgehead atoms. The van der Waals surface area contributed by atoms with E-state index < -0.39 is 11.9 Å². The summed E-state index contributed by atoms with van der Waals surface area (Å²) >= 11 is 6.63. The molecule has 3 aliphatic rings. The van der Waals surface area contributed by atoms with E-state index in [0.29, 0.717) is 28.1 Å². The van der Waals surface area contributed by atoms with E-state index in [9.17, 15) is 9.59 Å². The number of nitrogens with one attached hydrogen (secondary N) is 5. The molecule has 3 aromatic rings. The first kappa shape index (κ1) is 21.7. The van der Waals surface area contributed by atoms with Gasteiger partial charge in [-0.2, -0.15) is 9.61 Å². The molecule has 1 aromatic carbocycles. The first-order valence-corrected chi connectivity index (χ1v) is 11.9. The highest BCUT2D eigenvalue weighted by molar-refractivity contribution is 6.33. The molecule has 12 heteroatoms.